The lowest BCUT2D eigenvalue weighted by Gasteiger charge is -2.04. The molecule has 0 aliphatic heterocycles. The van der Waals surface area contributed by atoms with Crippen molar-refractivity contribution in [3.8, 4) is 6.19 Å². The van der Waals surface area contributed by atoms with Gasteiger partial charge in [0.05, 0.1) is 0 Å². The standard InChI is InChI=1S/C4H8N8O.CH2N2/c5-1-8-2(6)10-4(9-1)12-11-3(7)13;2-1-3/h(H3,7,11,13)(H5,5,6,8,9,10,12);2H2. The number of nitrogens with one attached hydrogen (secondary N) is 2. The molecule has 0 bridgehead atoms. The Balaban J connectivity index is 0.000000673. The number of anilines is 3. The predicted molar refractivity (Wildman–Crippen MR) is 54.8 cm³/mol. The van der Waals surface area contributed by atoms with Crippen molar-refractivity contribution in [1.29, 1.82) is 5.26 Å². The van der Waals surface area contributed by atoms with E-state index in [9.17, 15) is 4.79 Å². The zero-order valence-electron chi connectivity index (χ0n) is 8.01. The molecule has 11 heteroatoms. The summed E-state index contributed by atoms with van der Waals surface area (Å²) in [4.78, 5) is 21.0. The lowest BCUT2D eigenvalue weighted by Crippen LogP contribution is -2.35. The van der Waals surface area contributed by atoms with Crippen molar-refractivity contribution < 1.29 is 4.79 Å². The van der Waals surface area contributed by atoms with Gasteiger partial charge in [-0.15, -0.1) is 0 Å². The van der Waals surface area contributed by atoms with Crippen LogP contribution in [-0.4, -0.2) is 21.0 Å². The lowest BCUT2D eigenvalue weighted by atomic mass is 10.8. The Morgan fingerprint density at radius 2 is 1.69 bits per heavy atom. The number of amides is 2. The Morgan fingerprint density at radius 1 is 1.25 bits per heavy atom. The molecule has 10 N–H and O–H groups in total. The van der Waals surface area contributed by atoms with Gasteiger partial charge < -0.3 is 22.9 Å². The number of carbonyl (C=O) groups excluding carboxylic acids is 1. The van der Waals surface area contributed by atoms with Crippen molar-refractivity contribution in [2.24, 2.45) is 11.5 Å². The predicted octanol–water partition coefficient (Wildman–Crippen LogP) is -2.54. The van der Waals surface area contributed by atoms with Gasteiger partial charge in [-0.05, 0) is 0 Å². The summed E-state index contributed by atoms with van der Waals surface area (Å²) in [6.07, 6.45) is 1.25. The molecule has 0 saturated heterocycles. The largest absolute Gasteiger partial charge is 0.368 e. The van der Waals surface area contributed by atoms with Crippen molar-refractivity contribution in [2.75, 3.05) is 16.9 Å². The number of nitrogens with zero attached hydrogens (tertiary/aromatic N) is 4. The van der Waals surface area contributed by atoms with Crippen molar-refractivity contribution in [1.82, 2.24) is 20.4 Å². The Labute approximate surface area is 89.8 Å². The van der Waals surface area contributed by atoms with E-state index in [0.29, 0.717) is 0 Å². The molecule has 2 amide bonds. The highest BCUT2D eigenvalue weighted by Gasteiger charge is 2.00. The van der Waals surface area contributed by atoms with E-state index in [4.69, 9.17) is 22.5 Å². The molecule has 16 heavy (non-hydrogen) atoms. The number of urea groups is 1. The smallest absolute Gasteiger partial charge is 0.330 e. The zero-order valence-corrected chi connectivity index (χ0v) is 8.01. The first-order chi connectivity index (χ1) is 7.49. The molecule has 0 unspecified atom stereocenters. The maximum Gasteiger partial charge on any atom is 0.330 e. The molecule has 1 heterocycles. The summed E-state index contributed by atoms with van der Waals surface area (Å²) in [6.45, 7) is 0. The van der Waals surface area contributed by atoms with Gasteiger partial charge in [0.15, 0.2) is 6.19 Å². The second kappa shape index (κ2) is 6.43. The Bertz CT molecular complexity index is 376. The van der Waals surface area contributed by atoms with Crippen molar-refractivity contribution in [2.45, 2.75) is 0 Å². The van der Waals surface area contributed by atoms with Crippen LogP contribution in [0, 0.1) is 11.5 Å². The minimum atomic E-state index is -0.780. The number of rotatable bonds is 2. The average Bonchev–Trinajstić information content (AvgIpc) is 2.14. The monoisotopic (exact) mass is 226 g/mol. The fourth-order valence-electron chi connectivity index (χ4n) is 0.583. The van der Waals surface area contributed by atoms with Crippen LogP contribution in [0.5, 0.6) is 0 Å². The van der Waals surface area contributed by atoms with Crippen molar-refractivity contribution in [3.63, 3.8) is 0 Å². The Morgan fingerprint density at radius 3 is 2.06 bits per heavy atom. The quantitative estimate of drug-likeness (QED) is 0.178. The zero-order chi connectivity index (χ0) is 12.6. The van der Waals surface area contributed by atoms with Crippen LogP contribution < -0.4 is 33.8 Å². The van der Waals surface area contributed by atoms with Gasteiger partial charge in [-0.2, -0.15) is 20.2 Å². The van der Waals surface area contributed by atoms with Crippen LogP contribution in [0.25, 0.3) is 0 Å². The number of hydrogen-bond donors (Lipinski definition) is 6. The van der Waals surface area contributed by atoms with Gasteiger partial charge in [-0.3, -0.25) is 5.43 Å². The highest BCUT2D eigenvalue weighted by atomic mass is 16.2. The van der Waals surface area contributed by atoms with E-state index >= 15 is 0 Å². The lowest BCUT2D eigenvalue weighted by molar-refractivity contribution is 0.250. The molecule has 0 aliphatic carbocycles. The van der Waals surface area contributed by atoms with Gasteiger partial charge in [-0.25, -0.2) is 10.2 Å². The number of aromatic nitrogens is 3. The number of carbonyl (C=O) groups is 1. The van der Waals surface area contributed by atoms with E-state index in [1.807, 2.05) is 5.43 Å². The molecular formula is C5H10N10O. The van der Waals surface area contributed by atoms with Crippen LogP contribution in [0.4, 0.5) is 22.6 Å². The van der Waals surface area contributed by atoms with Gasteiger partial charge in [-0.1, -0.05) is 0 Å². The summed E-state index contributed by atoms with van der Waals surface area (Å²) in [5, 5.41) is 7.10. The van der Waals surface area contributed by atoms with Gasteiger partial charge in [0.1, 0.15) is 0 Å². The van der Waals surface area contributed by atoms with Crippen LogP contribution in [0.1, 0.15) is 0 Å². The number of hydrazine groups is 1. The van der Waals surface area contributed by atoms with Crippen LogP contribution >= 0.6 is 0 Å². The molecule has 1 rings (SSSR count). The van der Waals surface area contributed by atoms with E-state index in [0.717, 1.165) is 0 Å². The molecule has 1 aromatic heterocycles. The maximum absolute atomic E-state index is 10.3. The molecule has 0 aliphatic rings. The average molecular weight is 226 g/mol. The summed E-state index contributed by atoms with van der Waals surface area (Å²) in [5.41, 5.74) is 23.7. The first-order valence-electron chi connectivity index (χ1n) is 3.67. The number of primary amides is 1. The number of nitrogens with two attached hydrogens (primary N) is 4. The van der Waals surface area contributed by atoms with Gasteiger partial charge in [0.25, 0.3) is 0 Å². The summed E-state index contributed by atoms with van der Waals surface area (Å²) in [5.74, 6) is -0.0914. The fraction of sp³-hybridized carbons (Fsp3) is 0. The highest BCUT2D eigenvalue weighted by Crippen LogP contribution is 2.01. The molecule has 1 aromatic rings. The SMILES string of the molecule is N#CN.NC(=O)NNc1nc(N)nc(N)n1. The highest BCUT2D eigenvalue weighted by molar-refractivity contribution is 5.72. The Hall–Kier alpha value is -3.03. The third-order valence-electron chi connectivity index (χ3n) is 0.968. The van der Waals surface area contributed by atoms with E-state index in [1.54, 1.807) is 0 Å². The normalized spacial score (nSPS) is 7.94. The van der Waals surface area contributed by atoms with Crippen molar-refractivity contribution in [3.05, 3.63) is 0 Å². The first-order valence-corrected chi connectivity index (χ1v) is 3.67. The minimum Gasteiger partial charge on any atom is -0.368 e. The van der Waals surface area contributed by atoms with Crippen LogP contribution in [0.15, 0.2) is 0 Å². The summed E-state index contributed by atoms with van der Waals surface area (Å²) in [6, 6.07) is -0.780. The van der Waals surface area contributed by atoms with Gasteiger partial charge >= 0.3 is 6.03 Å². The molecule has 0 saturated carbocycles. The van der Waals surface area contributed by atoms with Gasteiger partial charge in [0.2, 0.25) is 17.8 Å². The van der Waals surface area contributed by atoms with E-state index in [-0.39, 0.29) is 17.8 Å². The van der Waals surface area contributed by atoms with E-state index in [1.165, 1.54) is 6.19 Å². The molecule has 86 valence electrons. The summed E-state index contributed by atoms with van der Waals surface area (Å²) >= 11 is 0. The molecule has 11 nitrogen and oxygen atoms in total. The van der Waals surface area contributed by atoms with Gasteiger partial charge in [0, 0.05) is 0 Å². The third-order valence-corrected chi connectivity index (χ3v) is 0.968. The number of hydrogen-bond acceptors (Lipinski definition) is 9. The second-order valence-electron chi connectivity index (χ2n) is 2.12. The number of nitrogen functional groups attached to an aromatic ring is 2. The fourth-order valence-corrected chi connectivity index (χ4v) is 0.583. The maximum atomic E-state index is 10.3. The minimum absolute atomic E-state index is 0.0174. The second-order valence-corrected chi connectivity index (χ2v) is 2.12. The summed E-state index contributed by atoms with van der Waals surface area (Å²) in [7, 11) is 0. The van der Waals surface area contributed by atoms with Crippen LogP contribution in [0.2, 0.25) is 0 Å². The first kappa shape index (κ1) is 13.0. The number of nitriles is 1. The Kier molecular flexibility index (Phi) is 5.21. The molecule has 0 aromatic carbocycles. The molecule has 0 spiro atoms. The van der Waals surface area contributed by atoms with Crippen LogP contribution in [-0.2, 0) is 0 Å². The van der Waals surface area contributed by atoms with Crippen molar-refractivity contribution >= 4 is 23.9 Å². The van der Waals surface area contributed by atoms with E-state index in [2.05, 4.69) is 26.1 Å². The molecule has 0 atom stereocenters. The topological polar surface area (TPSA) is 208 Å². The summed E-state index contributed by atoms with van der Waals surface area (Å²) < 4.78 is 0. The van der Waals surface area contributed by atoms with E-state index < -0.39 is 6.03 Å². The molecular weight excluding hydrogens is 216 g/mol. The third kappa shape index (κ3) is 5.59. The molecule has 0 fully saturated rings. The van der Waals surface area contributed by atoms with Crippen LogP contribution in [0.3, 0.4) is 0 Å². The molecule has 0 radical (unpaired) electrons.